The van der Waals surface area contributed by atoms with Gasteiger partial charge in [0.05, 0.1) is 18.6 Å². The lowest BCUT2D eigenvalue weighted by Gasteiger charge is -2.32. The Hall–Kier alpha value is -2.29. The number of anilines is 1. The zero-order valence-electron chi connectivity index (χ0n) is 16.0. The number of benzene rings is 1. The van der Waals surface area contributed by atoms with Gasteiger partial charge in [0.25, 0.3) is 0 Å². The number of rotatable bonds is 6. The first-order valence-electron chi connectivity index (χ1n) is 8.96. The summed E-state index contributed by atoms with van der Waals surface area (Å²) in [6.45, 7) is 4.67. The molecule has 1 aliphatic rings. The lowest BCUT2D eigenvalue weighted by atomic mass is 10.1. The number of carbonyl (C=O) groups excluding carboxylic acids is 2. The number of nitrogens with zero attached hydrogens (tertiary/aromatic N) is 2. The highest BCUT2D eigenvalue weighted by atomic mass is 32.2. The maximum atomic E-state index is 12.4. The zero-order valence-corrected chi connectivity index (χ0v) is 16.8. The summed E-state index contributed by atoms with van der Waals surface area (Å²) in [4.78, 5) is 25.7. The largest absolute Gasteiger partial charge is 0.450 e. The number of nitrogens with one attached hydrogen (secondary N) is 1. The van der Waals surface area contributed by atoms with Crippen molar-refractivity contribution in [3.63, 3.8) is 0 Å². The fourth-order valence-electron chi connectivity index (χ4n) is 3.01. The number of likely N-dealkylation sites (tertiary alicyclic amines) is 1. The van der Waals surface area contributed by atoms with Crippen LogP contribution in [0.5, 0.6) is 0 Å². The summed E-state index contributed by atoms with van der Waals surface area (Å²) in [6.07, 6.45) is 1.95. The van der Waals surface area contributed by atoms with Gasteiger partial charge in [0.1, 0.15) is 6.54 Å². The molecule has 0 unspecified atom stereocenters. The summed E-state index contributed by atoms with van der Waals surface area (Å²) in [7, 11) is -3.59. The van der Waals surface area contributed by atoms with E-state index in [0.29, 0.717) is 38.2 Å². The van der Waals surface area contributed by atoms with Crippen LogP contribution in [0, 0.1) is 6.92 Å². The monoisotopic (exact) mass is 397 g/mol. The molecule has 1 aromatic rings. The molecule has 0 atom stereocenters. The van der Waals surface area contributed by atoms with E-state index in [4.69, 9.17) is 4.74 Å². The van der Waals surface area contributed by atoms with Crippen molar-refractivity contribution in [3.8, 4) is 0 Å². The maximum Gasteiger partial charge on any atom is 0.409 e. The Morgan fingerprint density at radius 3 is 2.52 bits per heavy atom. The van der Waals surface area contributed by atoms with E-state index in [9.17, 15) is 18.0 Å². The Balaban J connectivity index is 1.94. The van der Waals surface area contributed by atoms with Crippen LogP contribution in [-0.4, -0.2) is 63.9 Å². The van der Waals surface area contributed by atoms with Crippen LogP contribution in [0.2, 0.25) is 0 Å². The quantitative estimate of drug-likeness (QED) is 0.785. The van der Waals surface area contributed by atoms with E-state index in [1.807, 2.05) is 13.0 Å². The SMILES string of the molecule is CCOC(=O)N1CCC(NC(=O)CN(c2cccc(C)c2)S(C)(=O)=O)CC1. The predicted molar refractivity (Wildman–Crippen MR) is 103 cm³/mol. The topological polar surface area (TPSA) is 96.0 Å². The minimum absolute atomic E-state index is 0.0953. The second-order valence-electron chi connectivity index (χ2n) is 6.64. The van der Waals surface area contributed by atoms with Crippen LogP contribution in [0.3, 0.4) is 0 Å². The lowest BCUT2D eigenvalue weighted by molar-refractivity contribution is -0.120. The van der Waals surface area contributed by atoms with Crippen LogP contribution in [0.4, 0.5) is 10.5 Å². The molecule has 0 spiro atoms. The molecule has 1 fully saturated rings. The number of sulfonamides is 1. The van der Waals surface area contributed by atoms with Crippen molar-refractivity contribution in [1.82, 2.24) is 10.2 Å². The number of ether oxygens (including phenoxy) is 1. The number of piperidine rings is 1. The van der Waals surface area contributed by atoms with E-state index >= 15 is 0 Å². The number of amides is 2. The highest BCUT2D eigenvalue weighted by Crippen LogP contribution is 2.19. The summed E-state index contributed by atoms with van der Waals surface area (Å²) in [6, 6.07) is 6.92. The highest BCUT2D eigenvalue weighted by Gasteiger charge is 2.26. The van der Waals surface area contributed by atoms with E-state index in [-0.39, 0.29) is 24.6 Å². The Kier molecular flexibility index (Phi) is 7.06. The number of hydrogen-bond acceptors (Lipinski definition) is 5. The van der Waals surface area contributed by atoms with Gasteiger partial charge in [0, 0.05) is 19.1 Å². The number of carbonyl (C=O) groups is 2. The standard InChI is InChI=1S/C18H27N3O5S/c1-4-26-18(23)20-10-8-15(9-11-20)19-17(22)13-21(27(3,24)25)16-7-5-6-14(2)12-16/h5-7,12,15H,4,8-11,13H2,1-3H3,(H,19,22). The van der Waals surface area contributed by atoms with Crippen LogP contribution >= 0.6 is 0 Å². The Bertz CT molecular complexity index is 773. The molecule has 1 saturated heterocycles. The van der Waals surface area contributed by atoms with Gasteiger partial charge in [-0.2, -0.15) is 0 Å². The molecule has 0 bridgehead atoms. The summed E-state index contributed by atoms with van der Waals surface area (Å²) in [5.41, 5.74) is 1.37. The normalized spacial score (nSPS) is 15.3. The van der Waals surface area contributed by atoms with Gasteiger partial charge in [-0.3, -0.25) is 9.10 Å². The van der Waals surface area contributed by atoms with Crippen LogP contribution in [0.1, 0.15) is 25.3 Å². The molecule has 8 nitrogen and oxygen atoms in total. The molecule has 0 radical (unpaired) electrons. The van der Waals surface area contributed by atoms with Gasteiger partial charge in [-0.15, -0.1) is 0 Å². The van der Waals surface area contributed by atoms with Crippen molar-refractivity contribution >= 4 is 27.7 Å². The Morgan fingerprint density at radius 2 is 1.96 bits per heavy atom. The average Bonchev–Trinajstić information content (AvgIpc) is 2.59. The summed E-state index contributed by atoms with van der Waals surface area (Å²) < 4.78 is 30.3. The zero-order chi connectivity index (χ0) is 20.0. The molecule has 1 aliphatic heterocycles. The average molecular weight is 397 g/mol. The van der Waals surface area contributed by atoms with Crippen molar-refractivity contribution < 1.29 is 22.7 Å². The Labute approximate surface area is 160 Å². The third kappa shape index (κ3) is 6.13. The van der Waals surface area contributed by atoms with Crippen LogP contribution in [0.15, 0.2) is 24.3 Å². The minimum atomic E-state index is -3.59. The second-order valence-corrected chi connectivity index (χ2v) is 8.54. The molecule has 1 heterocycles. The molecule has 0 aliphatic carbocycles. The third-order valence-corrected chi connectivity index (χ3v) is 5.50. The van der Waals surface area contributed by atoms with Gasteiger partial charge in [-0.25, -0.2) is 13.2 Å². The molecular weight excluding hydrogens is 370 g/mol. The van der Waals surface area contributed by atoms with Crippen LogP contribution in [-0.2, 0) is 19.6 Å². The molecular formula is C18H27N3O5S. The van der Waals surface area contributed by atoms with E-state index < -0.39 is 10.0 Å². The molecule has 9 heteroatoms. The van der Waals surface area contributed by atoms with Gasteiger partial charge < -0.3 is 15.0 Å². The summed E-state index contributed by atoms with van der Waals surface area (Å²) in [5.74, 6) is -0.364. The van der Waals surface area contributed by atoms with Crippen molar-refractivity contribution in [2.45, 2.75) is 32.7 Å². The van der Waals surface area contributed by atoms with Crippen molar-refractivity contribution in [2.24, 2.45) is 0 Å². The molecule has 150 valence electrons. The first kappa shape index (κ1) is 21.0. The first-order chi connectivity index (χ1) is 12.7. The Morgan fingerprint density at radius 1 is 1.30 bits per heavy atom. The van der Waals surface area contributed by atoms with Crippen molar-refractivity contribution in [1.29, 1.82) is 0 Å². The molecule has 1 N–H and O–H groups in total. The number of aryl methyl sites for hydroxylation is 1. The van der Waals surface area contributed by atoms with E-state index in [1.54, 1.807) is 30.0 Å². The molecule has 1 aromatic carbocycles. The fraction of sp³-hybridized carbons (Fsp3) is 0.556. The summed E-state index contributed by atoms with van der Waals surface area (Å²) in [5, 5.41) is 2.87. The predicted octanol–water partition coefficient (Wildman–Crippen LogP) is 1.50. The van der Waals surface area contributed by atoms with Crippen LogP contribution < -0.4 is 9.62 Å². The van der Waals surface area contributed by atoms with E-state index in [1.165, 1.54) is 0 Å². The third-order valence-electron chi connectivity index (χ3n) is 4.36. The van der Waals surface area contributed by atoms with Gasteiger partial charge in [0.2, 0.25) is 15.9 Å². The number of hydrogen-bond donors (Lipinski definition) is 1. The van der Waals surface area contributed by atoms with Gasteiger partial charge in [-0.1, -0.05) is 12.1 Å². The van der Waals surface area contributed by atoms with E-state index in [2.05, 4.69) is 5.32 Å². The minimum Gasteiger partial charge on any atom is -0.450 e. The van der Waals surface area contributed by atoms with Gasteiger partial charge in [0.15, 0.2) is 0 Å². The van der Waals surface area contributed by atoms with E-state index in [0.717, 1.165) is 16.1 Å². The van der Waals surface area contributed by atoms with Gasteiger partial charge >= 0.3 is 6.09 Å². The fourth-order valence-corrected chi connectivity index (χ4v) is 3.86. The molecule has 2 rings (SSSR count). The molecule has 2 amide bonds. The lowest BCUT2D eigenvalue weighted by Crippen LogP contribution is -2.49. The van der Waals surface area contributed by atoms with Crippen molar-refractivity contribution in [2.75, 3.05) is 36.8 Å². The first-order valence-corrected chi connectivity index (χ1v) is 10.8. The molecule has 27 heavy (non-hydrogen) atoms. The molecule has 0 aromatic heterocycles. The van der Waals surface area contributed by atoms with Gasteiger partial charge in [-0.05, 0) is 44.4 Å². The highest BCUT2D eigenvalue weighted by molar-refractivity contribution is 7.92. The summed E-state index contributed by atoms with van der Waals surface area (Å²) >= 11 is 0. The second kappa shape index (κ2) is 9.07. The molecule has 0 saturated carbocycles. The maximum absolute atomic E-state index is 12.4. The smallest absolute Gasteiger partial charge is 0.409 e. The van der Waals surface area contributed by atoms with Crippen LogP contribution in [0.25, 0.3) is 0 Å². The van der Waals surface area contributed by atoms with Crippen molar-refractivity contribution in [3.05, 3.63) is 29.8 Å².